The Kier molecular flexibility index (Phi) is 3.65. The van der Waals surface area contributed by atoms with Crippen LogP contribution >= 0.6 is 34.8 Å². The Labute approximate surface area is 131 Å². The van der Waals surface area contributed by atoms with E-state index >= 15 is 0 Å². The first kappa shape index (κ1) is 13.8. The van der Waals surface area contributed by atoms with Crippen LogP contribution in [0.25, 0.3) is 22.0 Å². The molecule has 0 spiro atoms. The first-order valence-electron chi connectivity index (χ1n) is 6.05. The summed E-state index contributed by atoms with van der Waals surface area (Å²) in [6.07, 6.45) is 0. The number of H-pyrrole nitrogens is 1. The van der Waals surface area contributed by atoms with Crippen LogP contribution in [0.3, 0.4) is 0 Å². The van der Waals surface area contributed by atoms with Crippen LogP contribution in [-0.4, -0.2) is 4.98 Å². The molecule has 1 aromatic heterocycles. The standard InChI is InChI=1S/C15H11Cl3N2/c16-8-1-3-10(12(18)5-8)15-11-4-2-9(17)6-13(11)20-14(15)7-19/h1-6,20H,7,19H2. The molecule has 3 aromatic rings. The topological polar surface area (TPSA) is 41.8 Å². The molecule has 5 heteroatoms. The van der Waals surface area contributed by atoms with E-state index in [1.165, 1.54) is 0 Å². The molecule has 2 nitrogen and oxygen atoms in total. The number of hydrogen-bond donors (Lipinski definition) is 2. The molecule has 0 saturated carbocycles. The zero-order chi connectivity index (χ0) is 14.3. The minimum atomic E-state index is 0.389. The number of fused-ring (bicyclic) bond motifs is 1. The predicted octanol–water partition coefficient (Wildman–Crippen LogP) is 5.25. The van der Waals surface area contributed by atoms with Crippen LogP contribution in [0.1, 0.15) is 5.69 Å². The van der Waals surface area contributed by atoms with Crippen LogP contribution in [0.2, 0.25) is 15.1 Å². The zero-order valence-electron chi connectivity index (χ0n) is 10.4. The monoisotopic (exact) mass is 324 g/mol. The highest BCUT2D eigenvalue weighted by molar-refractivity contribution is 6.37. The molecule has 1 heterocycles. The lowest BCUT2D eigenvalue weighted by Crippen LogP contribution is -1.98. The van der Waals surface area contributed by atoms with Crippen molar-refractivity contribution in [2.45, 2.75) is 6.54 Å². The van der Waals surface area contributed by atoms with E-state index in [0.717, 1.165) is 27.7 Å². The van der Waals surface area contributed by atoms with Gasteiger partial charge in [0.25, 0.3) is 0 Å². The Hall–Kier alpha value is -1.19. The lowest BCUT2D eigenvalue weighted by molar-refractivity contribution is 1.02. The molecular formula is C15H11Cl3N2. The Morgan fingerprint density at radius 1 is 0.950 bits per heavy atom. The summed E-state index contributed by atoms with van der Waals surface area (Å²) in [4.78, 5) is 3.29. The van der Waals surface area contributed by atoms with E-state index in [2.05, 4.69) is 4.98 Å². The van der Waals surface area contributed by atoms with E-state index in [9.17, 15) is 0 Å². The van der Waals surface area contributed by atoms with Gasteiger partial charge in [0.2, 0.25) is 0 Å². The molecule has 102 valence electrons. The minimum absolute atomic E-state index is 0.389. The third-order valence-corrected chi connectivity index (χ3v) is 4.03. The maximum Gasteiger partial charge on any atom is 0.0500 e. The second-order valence-corrected chi connectivity index (χ2v) is 5.78. The normalized spacial score (nSPS) is 11.2. The molecule has 0 saturated heterocycles. The summed E-state index contributed by atoms with van der Waals surface area (Å²) in [5.41, 5.74) is 9.61. The summed E-state index contributed by atoms with van der Waals surface area (Å²) >= 11 is 18.3. The summed E-state index contributed by atoms with van der Waals surface area (Å²) < 4.78 is 0. The van der Waals surface area contributed by atoms with E-state index in [0.29, 0.717) is 21.6 Å². The average Bonchev–Trinajstić information content (AvgIpc) is 2.76. The first-order chi connectivity index (χ1) is 9.60. The van der Waals surface area contributed by atoms with Crippen molar-refractivity contribution >= 4 is 45.7 Å². The van der Waals surface area contributed by atoms with Crippen molar-refractivity contribution in [2.75, 3.05) is 0 Å². The van der Waals surface area contributed by atoms with Gasteiger partial charge in [0, 0.05) is 49.3 Å². The highest BCUT2D eigenvalue weighted by atomic mass is 35.5. The predicted molar refractivity (Wildman–Crippen MR) is 86.7 cm³/mol. The molecule has 0 atom stereocenters. The number of nitrogens with two attached hydrogens (primary N) is 1. The largest absolute Gasteiger partial charge is 0.357 e. The third-order valence-electron chi connectivity index (χ3n) is 3.24. The molecule has 0 aliphatic heterocycles. The highest BCUT2D eigenvalue weighted by Crippen LogP contribution is 2.38. The number of aromatic amines is 1. The quantitative estimate of drug-likeness (QED) is 0.663. The fourth-order valence-electron chi connectivity index (χ4n) is 2.38. The van der Waals surface area contributed by atoms with Gasteiger partial charge in [0.05, 0.1) is 0 Å². The SMILES string of the molecule is NCc1[nH]c2cc(Cl)ccc2c1-c1ccc(Cl)cc1Cl. The number of benzene rings is 2. The second-order valence-electron chi connectivity index (χ2n) is 4.50. The smallest absolute Gasteiger partial charge is 0.0500 e. The molecule has 0 amide bonds. The lowest BCUT2D eigenvalue weighted by Gasteiger charge is -2.06. The van der Waals surface area contributed by atoms with Crippen LogP contribution in [0, 0.1) is 0 Å². The van der Waals surface area contributed by atoms with E-state index in [1.807, 2.05) is 30.3 Å². The van der Waals surface area contributed by atoms with Crippen molar-refractivity contribution in [3.8, 4) is 11.1 Å². The Morgan fingerprint density at radius 2 is 1.65 bits per heavy atom. The Morgan fingerprint density at radius 3 is 2.35 bits per heavy atom. The van der Waals surface area contributed by atoms with Crippen molar-refractivity contribution in [2.24, 2.45) is 5.73 Å². The van der Waals surface area contributed by atoms with Crippen molar-refractivity contribution in [3.63, 3.8) is 0 Å². The van der Waals surface area contributed by atoms with Crippen molar-refractivity contribution in [1.29, 1.82) is 0 Å². The molecule has 20 heavy (non-hydrogen) atoms. The van der Waals surface area contributed by atoms with E-state index in [1.54, 1.807) is 6.07 Å². The van der Waals surface area contributed by atoms with Gasteiger partial charge in [-0.05, 0) is 24.3 Å². The summed E-state index contributed by atoms with van der Waals surface area (Å²) in [7, 11) is 0. The van der Waals surface area contributed by atoms with Gasteiger partial charge in [-0.2, -0.15) is 0 Å². The number of rotatable bonds is 2. The fraction of sp³-hybridized carbons (Fsp3) is 0.0667. The van der Waals surface area contributed by atoms with Gasteiger partial charge in [-0.1, -0.05) is 46.9 Å². The van der Waals surface area contributed by atoms with Crippen molar-refractivity contribution < 1.29 is 0 Å². The molecular weight excluding hydrogens is 315 g/mol. The molecule has 3 rings (SSSR count). The molecule has 0 unspecified atom stereocenters. The number of hydrogen-bond acceptors (Lipinski definition) is 1. The van der Waals surface area contributed by atoms with Crippen LogP contribution < -0.4 is 5.73 Å². The third kappa shape index (κ3) is 2.29. The van der Waals surface area contributed by atoms with Crippen LogP contribution in [0.4, 0.5) is 0 Å². The average molecular weight is 326 g/mol. The van der Waals surface area contributed by atoms with E-state index in [-0.39, 0.29) is 0 Å². The number of nitrogens with one attached hydrogen (secondary N) is 1. The molecule has 0 fully saturated rings. The molecule has 0 aliphatic rings. The molecule has 0 bridgehead atoms. The van der Waals surface area contributed by atoms with E-state index in [4.69, 9.17) is 40.5 Å². The maximum atomic E-state index is 6.32. The highest BCUT2D eigenvalue weighted by Gasteiger charge is 2.15. The lowest BCUT2D eigenvalue weighted by atomic mass is 10.0. The van der Waals surface area contributed by atoms with Gasteiger partial charge >= 0.3 is 0 Å². The number of aromatic nitrogens is 1. The van der Waals surface area contributed by atoms with Gasteiger partial charge < -0.3 is 10.7 Å². The fourth-order valence-corrected chi connectivity index (χ4v) is 3.05. The zero-order valence-corrected chi connectivity index (χ0v) is 12.7. The molecule has 0 radical (unpaired) electrons. The molecule has 0 aliphatic carbocycles. The summed E-state index contributed by atoms with van der Waals surface area (Å²) in [6, 6.07) is 11.1. The Balaban J connectivity index is 2.34. The van der Waals surface area contributed by atoms with Gasteiger partial charge in [-0.3, -0.25) is 0 Å². The van der Waals surface area contributed by atoms with Crippen LogP contribution in [0.15, 0.2) is 36.4 Å². The van der Waals surface area contributed by atoms with Gasteiger partial charge in [0.1, 0.15) is 0 Å². The second kappa shape index (κ2) is 5.30. The van der Waals surface area contributed by atoms with Crippen LogP contribution in [0.5, 0.6) is 0 Å². The van der Waals surface area contributed by atoms with E-state index < -0.39 is 0 Å². The molecule has 2 aromatic carbocycles. The number of halogens is 3. The Bertz CT molecular complexity index is 793. The molecule has 3 N–H and O–H groups in total. The summed E-state index contributed by atoms with van der Waals surface area (Å²) in [5, 5.41) is 2.93. The van der Waals surface area contributed by atoms with Crippen LogP contribution in [-0.2, 0) is 6.54 Å². The van der Waals surface area contributed by atoms with Gasteiger partial charge in [-0.15, -0.1) is 0 Å². The van der Waals surface area contributed by atoms with Crippen molar-refractivity contribution in [1.82, 2.24) is 4.98 Å². The van der Waals surface area contributed by atoms with Crippen molar-refractivity contribution in [3.05, 3.63) is 57.2 Å². The first-order valence-corrected chi connectivity index (χ1v) is 7.19. The van der Waals surface area contributed by atoms with Gasteiger partial charge in [0.15, 0.2) is 0 Å². The maximum absolute atomic E-state index is 6.32. The van der Waals surface area contributed by atoms with Gasteiger partial charge in [-0.25, -0.2) is 0 Å². The minimum Gasteiger partial charge on any atom is -0.357 e. The summed E-state index contributed by atoms with van der Waals surface area (Å²) in [6.45, 7) is 0.389. The summed E-state index contributed by atoms with van der Waals surface area (Å²) in [5.74, 6) is 0.